The van der Waals surface area contributed by atoms with E-state index in [0.29, 0.717) is 0 Å². The van der Waals surface area contributed by atoms with Crippen LogP contribution in [0.1, 0.15) is 110 Å². The molecule has 3 heterocycles. The monoisotopic (exact) mass is 754 g/mol. The number of nitrogens with zero attached hydrogens (tertiary/aromatic N) is 2. The summed E-state index contributed by atoms with van der Waals surface area (Å²) in [5.41, 5.74) is 18.1. The van der Waals surface area contributed by atoms with Crippen LogP contribution in [0.3, 0.4) is 0 Å². The summed E-state index contributed by atoms with van der Waals surface area (Å²) in [5, 5.41) is 2.73. The van der Waals surface area contributed by atoms with Crippen molar-refractivity contribution in [2.24, 2.45) is 0 Å². The second-order valence-corrected chi connectivity index (χ2v) is 23.8. The SMILES string of the molecule is Cc1cc2c3c(c1)N(c1ccc([SiH](C)C)cc1)c1oc4cc5c(cc4c1B3c1cc(C(C)(C)C)ccc1N2c1ccc(C(C)(C)C)cc1)C(C)(C)CCC5(C)C. The smallest absolute Gasteiger partial charge is 0.257 e. The Balaban J connectivity index is 1.40. The fourth-order valence-corrected chi connectivity index (χ4v) is 10.8. The van der Waals surface area contributed by atoms with Gasteiger partial charge in [0.05, 0.1) is 8.80 Å². The first-order valence-electron chi connectivity index (χ1n) is 21.0. The summed E-state index contributed by atoms with van der Waals surface area (Å²) < 4.78 is 7.35. The molecule has 5 heteroatoms. The Labute approximate surface area is 337 Å². The fraction of sp³-hybridized carbons (Fsp3) is 0.373. The van der Waals surface area contributed by atoms with Gasteiger partial charge in [-0.05, 0) is 135 Å². The molecule has 0 radical (unpaired) electrons. The maximum atomic E-state index is 7.35. The number of anilines is 6. The lowest BCUT2D eigenvalue weighted by Gasteiger charge is -2.43. The Morgan fingerprint density at radius 1 is 0.607 bits per heavy atom. The zero-order chi connectivity index (χ0) is 39.9. The fourth-order valence-electron chi connectivity index (χ4n) is 9.84. The molecule has 2 aliphatic heterocycles. The second kappa shape index (κ2) is 12.3. The van der Waals surface area contributed by atoms with Gasteiger partial charge < -0.3 is 9.32 Å². The van der Waals surface area contributed by atoms with Gasteiger partial charge in [0.15, 0.2) is 0 Å². The Morgan fingerprint density at radius 2 is 1.14 bits per heavy atom. The first-order chi connectivity index (χ1) is 26.2. The van der Waals surface area contributed by atoms with Crippen LogP contribution in [0.15, 0.2) is 95.4 Å². The van der Waals surface area contributed by atoms with Crippen LogP contribution >= 0.6 is 0 Å². The molecule has 6 aromatic rings. The molecule has 1 aromatic heterocycles. The highest BCUT2D eigenvalue weighted by molar-refractivity contribution is 7.01. The Hall–Kier alpha value is -4.48. The first kappa shape index (κ1) is 37.1. The van der Waals surface area contributed by atoms with E-state index in [1.165, 1.54) is 90.4 Å². The normalized spacial score (nSPS) is 16.9. The summed E-state index contributed by atoms with van der Waals surface area (Å²) in [5.74, 6) is 0.955. The minimum atomic E-state index is -0.975. The number of hydrogen-bond donors (Lipinski definition) is 0. The molecule has 0 fully saturated rings. The zero-order valence-electron chi connectivity index (χ0n) is 36.0. The van der Waals surface area contributed by atoms with E-state index < -0.39 is 8.80 Å². The molecule has 0 saturated carbocycles. The van der Waals surface area contributed by atoms with E-state index in [1.54, 1.807) is 0 Å². The van der Waals surface area contributed by atoms with Crippen molar-refractivity contribution in [3.05, 3.63) is 119 Å². The Bertz CT molecular complexity index is 2540. The van der Waals surface area contributed by atoms with Gasteiger partial charge in [-0.3, -0.25) is 4.90 Å². The predicted octanol–water partition coefficient (Wildman–Crippen LogP) is 11.5. The molecular weight excluding hydrogens is 695 g/mol. The minimum Gasteiger partial charge on any atom is -0.440 e. The zero-order valence-corrected chi connectivity index (χ0v) is 37.2. The summed E-state index contributed by atoms with van der Waals surface area (Å²) in [6, 6.07) is 35.8. The molecule has 3 aliphatic rings. The Kier molecular flexibility index (Phi) is 8.13. The summed E-state index contributed by atoms with van der Waals surface area (Å²) in [6.07, 6.45) is 2.34. The van der Waals surface area contributed by atoms with Crippen LogP contribution in [0.25, 0.3) is 11.0 Å². The van der Waals surface area contributed by atoms with Crippen LogP contribution in [0.4, 0.5) is 34.3 Å². The van der Waals surface area contributed by atoms with Gasteiger partial charge in [-0.2, -0.15) is 0 Å². The molecule has 0 bridgehead atoms. The summed E-state index contributed by atoms with van der Waals surface area (Å²) in [6.45, 7) is 30.7. The van der Waals surface area contributed by atoms with Gasteiger partial charge in [0, 0.05) is 39.3 Å². The van der Waals surface area contributed by atoms with Gasteiger partial charge in [0.1, 0.15) is 5.58 Å². The molecule has 3 nitrogen and oxygen atoms in total. The topological polar surface area (TPSA) is 19.6 Å². The van der Waals surface area contributed by atoms with E-state index in [2.05, 4.69) is 190 Å². The van der Waals surface area contributed by atoms with Crippen molar-refractivity contribution < 1.29 is 4.42 Å². The number of rotatable bonds is 3. The highest BCUT2D eigenvalue weighted by Crippen LogP contribution is 2.50. The molecule has 0 unspecified atom stereocenters. The predicted molar refractivity (Wildman–Crippen MR) is 246 cm³/mol. The van der Waals surface area contributed by atoms with Crippen molar-refractivity contribution in [3.63, 3.8) is 0 Å². The first-order valence-corrected chi connectivity index (χ1v) is 23.8. The van der Waals surface area contributed by atoms with Gasteiger partial charge in [-0.25, -0.2) is 0 Å². The maximum Gasteiger partial charge on any atom is 0.257 e. The van der Waals surface area contributed by atoms with E-state index in [-0.39, 0.29) is 28.4 Å². The van der Waals surface area contributed by atoms with E-state index in [1.807, 2.05) is 0 Å². The second-order valence-electron chi connectivity index (χ2n) is 20.9. The van der Waals surface area contributed by atoms with E-state index >= 15 is 0 Å². The molecule has 0 N–H and O–H groups in total. The quantitative estimate of drug-likeness (QED) is 0.168. The van der Waals surface area contributed by atoms with Crippen molar-refractivity contribution in [1.29, 1.82) is 0 Å². The van der Waals surface area contributed by atoms with Gasteiger partial charge in [-0.15, -0.1) is 0 Å². The van der Waals surface area contributed by atoms with E-state index in [9.17, 15) is 0 Å². The van der Waals surface area contributed by atoms with Crippen LogP contribution in [0.2, 0.25) is 13.1 Å². The van der Waals surface area contributed by atoms with E-state index in [0.717, 1.165) is 17.2 Å². The number of aryl methyl sites for hydroxylation is 1. The minimum absolute atomic E-state index is 0.00407. The molecule has 0 spiro atoms. The van der Waals surface area contributed by atoms with Crippen LogP contribution in [-0.4, -0.2) is 15.5 Å². The third kappa shape index (κ3) is 5.66. The molecule has 0 saturated heterocycles. The third-order valence-corrected chi connectivity index (χ3v) is 15.2. The van der Waals surface area contributed by atoms with Gasteiger partial charge in [-0.1, -0.05) is 124 Å². The van der Waals surface area contributed by atoms with Crippen LogP contribution in [0, 0.1) is 6.92 Å². The van der Waals surface area contributed by atoms with Crippen molar-refractivity contribution >= 4 is 82.4 Å². The highest BCUT2D eigenvalue weighted by atomic mass is 28.3. The van der Waals surface area contributed by atoms with Crippen LogP contribution < -0.4 is 31.4 Å². The molecule has 56 heavy (non-hydrogen) atoms. The summed E-state index contributed by atoms with van der Waals surface area (Å²) in [4.78, 5) is 5.00. The highest BCUT2D eigenvalue weighted by Gasteiger charge is 2.48. The average molecular weight is 755 g/mol. The molecule has 0 amide bonds. The molecule has 286 valence electrons. The van der Waals surface area contributed by atoms with Gasteiger partial charge in [0.25, 0.3) is 6.71 Å². The third-order valence-electron chi connectivity index (χ3n) is 13.5. The lowest BCUT2D eigenvalue weighted by molar-refractivity contribution is 0.332. The summed E-state index contributed by atoms with van der Waals surface area (Å²) in [7, 11) is -0.975. The lowest BCUT2D eigenvalue weighted by atomic mass is 9.33. The standard InChI is InChI=1S/C51H59BN2OSi/c1-31-26-42-46-43(27-31)54(35-19-21-36(22-20-35)56(12)13)47-45(37-29-38-39(30-44(37)55-47)51(10,11)25-24-50(38,8)9)52(46)40-28-33(49(5,6)7)16-23-41(40)53(42)34-17-14-32(15-18-34)48(2,3)4/h14-23,26-30,56H,24-25H2,1-13H3. The van der Waals surface area contributed by atoms with Crippen LogP contribution in [0.5, 0.6) is 0 Å². The summed E-state index contributed by atoms with van der Waals surface area (Å²) >= 11 is 0. The van der Waals surface area contributed by atoms with Gasteiger partial charge >= 0.3 is 0 Å². The van der Waals surface area contributed by atoms with Crippen molar-refractivity contribution in [1.82, 2.24) is 0 Å². The van der Waals surface area contributed by atoms with Crippen molar-refractivity contribution in [3.8, 4) is 0 Å². The molecule has 1 aliphatic carbocycles. The van der Waals surface area contributed by atoms with Crippen LogP contribution in [-0.2, 0) is 21.7 Å². The average Bonchev–Trinajstić information content (AvgIpc) is 3.50. The number of fused-ring (bicyclic) bond motifs is 7. The Morgan fingerprint density at radius 3 is 1.73 bits per heavy atom. The largest absolute Gasteiger partial charge is 0.440 e. The number of furan rings is 1. The number of benzene rings is 5. The van der Waals surface area contributed by atoms with E-state index in [4.69, 9.17) is 4.42 Å². The molecular formula is C51H59BN2OSi. The lowest BCUT2D eigenvalue weighted by Crippen LogP contribution is -2.61. The molecule has 5 aromatic carbocycles. The van der Waals surface area contributed by atoms with Crippen molar-refractivity contribution in [2.75, 3.05) is 9.80 Å². The van der Waals surface area contributed by atoms with Gasteiger partial charge in [0.2, 0.25) is 5.88 Å². The maximum absolute atomic E-state index is 7.35. The number of hydrogen-bond acceptors (Lipinski definition) is 3. The molecule has 9 rings (SSSR count). The molecule has 0 atom stereocenters. The van der Waals surface area contributed by atoms with Crippen molar-refractivity contribution in [2.45, 2.75) is 124 Å².